The molecule has 26 heavy (non-hydrogen) atoms. The van der Waals surface area contributed by atoms with Crippen molar-refractivity contribution in [3.63, 3.8) is 0 Å². The molecular formula is C21H22O5. The quantitative estimate of drug-likeness (QED) is 0.518. The predicted octanol–water partition coefficient (Wildman–Crippen LogP) is 4.58. The normalized spacial score (nSPS) is 13.2. The summed E-state index contributed by atoms with van der Waals surface area (Å²) in [6.07, 6.45) is 5.29. The van der Waals surface area contributed by atoms with Crippen molar-refractivity contribution in [1.29, 1.82) is 0 Å². The van der Waals surface area contributed by atoms with Gasteiger partial charge in [0.25, 0.3) is 0 Å². The van der Waals surface area contributed by atoms with E-state index < -0.39 is 11.7 Å². The van der Waals surface area contributed by atoms with E-state index in [0.29, 0.717) is 35.3 Å². The molecule has 0 spiro atoms. The van der Waals surface area contributed by atoms with E-state index in [2.05, 4.69) is 0 Å². The van der Waals surface area contributed by atoms with Crippen molar-refractivity contribution in [3.8, 4) is 5.75 Å². The van der Waals surface area contributed by atoms with E-state index in [-0.39, 0.29) is 0 Å². The van der Waals surface area contributed by atoms with Gasteiger partial charge < -0.3 is 18.7 Å². The summed E-state index contributed by atoms with van der Waals surface area (Å²) in [6, 6.07) is 6.57. The number of rotatable bonds is 6. The molecule has 136 valence electrons. The fourth-order valence-electron chi connectivity index (χ4n) is 2.90. The van der Waals surface area contributed by atoms with Gasteiger partial charge in [-0.15, -0.1) is 0 Å². The minimum absolute atomic E-state index is 0.322. The van der Waals surface area contributed by atoms with Crippen molar-refractivity contribution in [2.75, 3.05) is 6.61 Å². The first-order valence-corrected chi connectivity index (χ1v) is 8.52. The number of furan rings is 1. The van der Waals surface area contributed by atoms with Crippen molar-refractivity contribution in [2.24, 2.45) is 0 Å². The molecule has 0 aliphatic rings. The molecule has 0 bridgehead atoms. The van der Waals surface area contributed by atoms with Gasteiger partial charge in [-0.25, -0.2) is 4.79 Å². The largest absolute Gasteiger partial charge is 0.488 e. The molecule has 2 aromatic heterocycles. The van der Waals surface area contributed by atoms with Gasteiger partial charge in [-0.1, -0.05) is 17.7 Å². The Kier molecular flexibility index (Phi) is 5.28. The van der Waals surface area contributed by atoms with Crippen LogP contribution in [0.25, 0.3) is 21.9 Å². The number of hydrogen-bond acceptors (Lipinski definition) is 5. The second-order valence-corrected chi connectivity index (χ2v) is 6.46. The number of fused-ring (bicyclic) bond motifs is 2. The van der Waals surface area contributed by atoms with E-state index in [9.17, 15) is 9.90 Å². The highest BCUT2D eigenvalue weighted by Crippen LogP contribution is 2.35. The van der Waals surface area contributed by atoms with Gasteiger partial charge in [-0.05, 0) is 38.5 Å². The third-order valence-corrected chi connectivity index (χ3v) is 4.12. The van der Waals surface area contributed by atoms with Gasteiger partial charge >= 0.3 is 5.63 Å². The van der Waals surface area contributed by atoms with Gasteiger partial charge in [0.05, 0.1) is 23.1 Å². The van der Waals surface area contributed by atoms with E-state index in [1.54, 1.807) is 18.4 Å². The summed E-state index contributed by atoms with van der Waals surface area (Å²) in [5, 5.41) is 11.6. The molecule has 1 atom stereocenters. The molecule has 5 heteroatoms. The first-order valence-electron chi connectivity index (χ1n) is 8.52. The zero-order valence-electron chi connectivity index (χ0n) is 15.1. The second kappa shape index (κ2) is 7.62. The summed E-state index contributed by atoms with van der Waals surface area (Å²) in [6.45, 7) is 6.15. The molecule has 1 aromatic carbocycles. The third-order valence-electron chi connectivity index (χ3n) is 4.12. The van der Waals surface area contributed by atoms with E-state index >= 15 is 0 Å². The Morgan fingerprint density at radius 1 is 1.23 bits per heavy atom. The lowest BCUT2D eigenvalue weighted by Crippen LogP contribution is -2.10. The number of ether oxygens (including phenoxy) is 1. The highest BCUT2D eigenvalue weighted by Gasteiger charge is 2.14. The Labute approximate surface area is 151 Å². The van der Waals surface area contributed by atoms with Gasteiger partial charge in [0.1, 0.15) is 23.5 Å². The predicted molar refractivity (Wildman–Crippen MR) is 102 cm³/mol. The van der Waals surface area contributed by atoms with E-state index in [1.807, 2.05) is 39.0 Å². The standard InChI is InChI=1S/C21H22O5/c1-4-14(10-15(22)9-13(2)3)12-25-21-16-5-6-20(23)26-19(16)11-18-17(21)7-8-24-18/h4-9,11,15,22H,10,12H2,1-3H3/b14-4-. The first kappa shape index (κ1) is 18.0. The lowest BCUT2D eigenvalue weighted by molar-refractivity contribution is 0.216. The Morgan fingerprint density at radius 3 is 2.73 bits per heavy atom. The maximum Gasteiger partial charge on any atom is 0.336 e. The molecule has 0 amide bonds. The van der Waals surface area contributed by atoms with Crippen molar-refractivity contribution in [3.05, 3.63) is 64.2 Å². The molecule has 1 unspecified atom stereocenters. The third kappa shape index (κ3) is 3.89. The van der Waals surface area contributed by atoms with E-state index in [0.717, 1.165) is 16.5 Å². The minimum atomic E-state index is -0.547. The van der Waals surface area contributed by atoms with Crippen molar-refractivity contribution < 1.29 is 18.7 Å². The highest BCUT2D eigenvalue weighted by molar-refractivity contribution is 6.01. The number of aliphatic hydroxyl groups is 1. The Balaban J connectivity index is 1.90. The fourth-order valence-corrected chi connectivity index (χ4v) is 2.90. The topological polar surface area (TPSA) is 72.8 Å². The SMILES string of the molecule is C/C=C(\COc1c2ccoc2cc2oc(=O)ccc12)CC(O)C=C(C)C. The van der Waals surface area contributed by atoms with Crippen LogP contribution in [-0.2, 0) is 0 Å². The average Bonchev–Trinajstić information content (AvgIpc) is 3.04. The molecule has 2 heterocycles. The molecule has 0 aliphatic carbocycles. The fraction of sp³-hybridized carbons (Fsp3) is 0.286. The van der Waals surface area contributed by atoms with Gasteiger partial charge in [0, 0.05) is 18.6 Å². The monoisotopic (exact) mass is 354 g/mol. The lowest BCUT2D eigenvalue weighted by atomic mass is 10.1. The average molecular weight is 354 g/mol. The van der Waals surface area contributed by atoms with E-state index in [4.69, 9.17) is 13.6 Å². The molecule has 0 fully saturated rings. The summed E-state index contributed by atoms with van der Waals surface area (Å²) in [7, 11) is 0. The lowest BCUT2D eigenvalue weighted by Gasteiger charge is -2.14. The molecule has 3 rings (SSSR count). The number of benzene rings is 1. The van der Waals surface area contributed by atoms with Crippen LogP contribution < -0.4 is 10.4 Å². The van der Waals surface area contributed by atoms with E-state index in [1.165, 1.54) is 6.07 Å². The number of aliphatic hydroxyl groups excluding tert-OH is 1. The summed E-state index contributed by atoms with van der Waals surface area (Å²) < 4.78 is 16.8. The molecule has 1 N–H and O–H groups in total. The molecule has 5 nitrogen and oxygen atoms in total. The molecule has 3 aromatic rings. The zero-order chi connectivity index (χ0) is 18.7. The van der Waals surface area contributed by atoms with Crippen molar-refractivity contribution >= 4 is 21.9 Å². The van der Waals surface area contributed by atoms with Gasteiger partial charge in [0.15, 0.2) is 0 Å². The zero-order valence-corrected chi connectivity index (χ0v) is 15.1. The van der Waals surface area contributed by atoms with Gasteiger partial charge in [-0.2, -0.15) is 0 Å². The number of hydrogen-bond donors (Lipinski definition) is 1. The van der Waals surface area contributed by atoms with Crippen molar-refractivity contribution in [2.45, 2.75) is 33.3 Å². The van der Waals surface area contributed by atoms with Crippen LogP contribution in [0.4, 0.5) is 0 Å². The Bertz CT molecular complexity index is 1030. The minimum Gasteiger partial charge on any atom is -0.488 e. The molecular weight excluding hydrogens is 332 g/mol. The van der Waals surface area contributed by atoms with Crippen LogP contribution in [-0.4, -0.2) is 17.8 Å². The summed E-state index contributed by atoms with van der Waals surface area (Å²) >= 11 is 0. The number of allylic oxidation sites excluding steroid dienone is 2. The smallest absolute Gasteiger partial charge is 0.336 e. The maximum atomic E-state index is 11.5. The summed E-state index contributed by atoms with van der Waals surface area (Å²) in [5.41, 5.74) is 2.63. The van der Waals surface area contributed by atoms with Crippen LogP contribution in [0.15, 0.2) is 67.5 Å². The second-order valence-electron chi connectivity index (χ2n) is 6.46. The summed E-state index contributed by atoms with van der Waals surface area (Å²) in [5.74, 6) is 0.603. The summed E-state index contributed by atoms with van der Waals surface area (Å²) in [4.78, 5) is 11.5. The van der Waals surface area contributed by atoms with Gasteiger partial charge in [0.2, 0.25) is 0 Å². The van der Waals surface area contributed by atoms with Gasteiger partial charge in [-0.3, -0.25) is 0 Å². The van der Waals surface area contributed by atoms with Crippen LogP contribution in [0.3, 0.4) is 0 Å². The molecule has 0 aliphatic heterocycles. The van der Waals surface area contributed by atoms with Crippen LogP contribution in [0, 0.1) is 0 Å². The maximum absolute atomic E-state index is 11.5. The Hall–Kier alpha value is -2.79. The first-order chi connectivity index (χ1) is 12.5. The van der Waals surface area contributed by atoms with Crippen molar-refractivity contribution in [1.82, 2.24) is 0 Å². The molecule has 0 saturated carbocycles. The van der Waals surface area contributed by atoms with Crippen LogP contribution >= 0.6 is 0 Å². The highest BCUT2D eigenvalue weighted by atomic mass is 16.5. The van der Waals surface area contributed by atoms with Crippen LogP contribution in [0.5, 0.6) is 5.75 Å². The van der Waals surface area contributed by atoms with Crippen LogP contribution in [0.1, 0.15) is 27.2 Å². The molecule has 0 radical (unpaired) electrons. The van der Waals surface area contributed by atoms with Crippen LogP contribution in [0.2, 0.25) is 0 Å². The molecule has 0 saturated heterocycles. The Morgan fingerprint density at radius 2 is 2.00 bits per heavy atom.